The SMILES string of the molecule is C[C@@H](N)c1cccc(F)c1Sc1nnnn1C. The van der Waals surface area contributed by atoms with Crippen LogP contribution in [-0.2, 0) is 7.05 Å². The Hall–Kier alpha value is -1.47. The molecule has 2 N–H and O–H groups in total. The lowest BCUT2D eigenvalue weighted by molar-refractivity contribution is 0.590. The number of benzene rings is 1. The summed E-state index contributed by atoms with van der Waals surface area (Å²) in [4.78, 5) is 0.473. The molecule has 0 radical (unpaired) electrons. The van der Waals surface area contributed by atoms with Gasteiger partial charge in [0, 0.05) is 13.1 Å². The van der Waals surface area contributed by atoms with Gasteiger partial charge >= 0.3 is 0 Å². The summed E-state index contributed by atoms with van der Waals surface area (Å²) < 4.78 is 15.3. The predicted octanol–water partition coefficient (Wildman–Crippen LogP) is 1.52. The highest BCUT2D eigenvalue weighted by Gasteiger charge is 2.15. The van der Waals surface area contributed by atoms with E-state index in [1.807, 2.05) is 6.92 Å². The van der Waals surface area contributed by atoms with Crippen molar-refractivity contribution in [2.45, 2.75) is 23.0 Å². The lowest BCUT2D eigenvalue weighted by Crippen LogP contribution is -2.07. The Morgan fingerprint density at radius 3 is 2.82 bits per heavy atom. The fraction of sp³-hybridized carbons (Fsp3) is 0.300. The van der Waals surface area contributed by atoms with Crippen molar-refractivity contribution in [3.05, 3.63) is 29.6 Å². The molecule has 90 valence electrons. The second kappa shape index (κ2) is 4.80. The molecule has 2 rings (SSSR count). The van der Waals surface area contributed by atoms with E-state index in [1.165, 1.54) is 22.5 Å². The van der Waals surface area contributed by atoms with Crippen LogP contribution in [0.3, 0.4) is 0 Å². The molecule has 0 fully saturated rings. The van der Waals surface area contributed by atoms with Crippen molar-refractivity contribution in [1.82, 2.24) is 20.2 Å². The lowest BCUT2D eigenvalue weighted by Gasteiger charge is -2.11. The van der Waals surface area contributed by atoms with E-state index >= 15 is 0 Å². The molecule has 0 amide bonds. The van der Waals surface area contributed by atoms with Crippen LogP contribution in [0.5, 0.6) is 0 Å². The van der Waals surface area contributed by atoms with Gasteiger partial charge in [-0.25, -0.2) is 9.07 Å². The molecule has 0 aliphatic carbocycles. The third kappa shape index (κ3) is 2.45. The quantitative estimate of drug-likeness (QED) is 0.898. The van der Waals surface area contributed by atoms with Crippen LogP contribution in [0.4, 0.5) is 4.39 Å². The Morgan fingerprint density at radius 2 is 2.24 bits per heavy atom. The van der Waals surface area contributed by atoms with Gasteiger partial charge in [0.25, 0.3) is 0 Å². The fourth-order valence-corrected chi connectivity index (χ4v) is 2.36. The summed E-state index contributed by atoms with van der Waals surface area (Å²) in [5.41, 5.74) is 6.56. The molecular weight excluding hydrogens is 241 g/mol. The first-order valence-electron chi connectivity index (χ1n) is 5.04. The number of aryl methyl sites for hydroxylation is 1. The Kier molecular flexibility index (Phi) is 3.39. The summed E-state index contributed by atoms with van der Waals surface area (Å²) in [6.45, 7) is 1.81. The minimum atomic E-state index is -0.312. The average Bonchev–Trinajstić information content (AvgIpc) is 2.67. The maximum Gasteiger partial charge on any atom is 0.213 e. The zero-order chi connectivity index (χ0) is 12.4. The zero-order valence-corrected chi connectivity index (χ0v) is 10.3. The highest BCUT2D eigenvalue weighted by molar-refractivity contribution is 7.99. The van der Waals surface area contributed by atoms with Crippen molar-refractivity contribution in [2.24, 2.45) is 12.8 Å². The topological polar surface area (TPSA) is 69.6 Å². The molecule has 1 aromatic heterocycles. The van der Waals surface area contributed by atoms with E-state index in [0.717, 1.165) is 5.56 Å². The molecule has 1 aromatic carbocycles. The van der Waals surface area contributed by atoms with Crippen molar-refractivity contribution in [3.8, 4) is 0 Å². The maximum atomic E-state index is 13.8. The molecule has 0 saturated carbocycles. The molecule has 2 aromatic rings. The van der Waals surface area contributed by atoms with E-state index in [-0.39, 0.29) is 11.9 Å². The van der Waals surface area contributed by atoms with Gasteiger partial charge in [-0.15, -0.1) is 5.10 Å². The van der Waals surface area contributed by atoms with E-state index in [4.69, 9.17) is 5.73 Å². The van der Waals surface area contributed by atoms with E-state index in [2.05, 4.69) is 15.5 Å². The van der Waals surface area contributed by atoms with Crippen molar-refractivity contribution < 1.29 is 4.39 Å². The number of hydrogen-bond donors (Lipinski definition) is 1. The lowest BCUT2D eigenvalue weighted by atomic mass is 10.1. The van der Waals surface area contributed by atoms with Crippen LogP contribution >= 0.6 is 11.8 Å². The molecule has 1 heterocycles. The van der Waals surface area contributed by atoms with Crippen LogP contribution in [0, 0.1) is 5.82 Å². The number of aromatic nitrogens is 4. The van der Waals surface area contributed by atoms with Crippen LogP contribution in [-0.4, -0.2) is 20.2 Å². The number of hydrogen-bond acceptors (Lipinski definition) is 5. The number of tetrazole rings is 1. The van der Waals surface area contributed by atoms with Crippen LogP contribution in [0.2, 0.25) is 0 Å². The Balaban J connectivity index is 2.41. The Bertz CT molecular complexity index is 525. The summed E-state index contributed by atoms with van der Waals surface area (Å²) in [5.74, 6) is -0.312. The van der Waals surface area contributed by atoms with Crippen molar-refractivity contribution >= 4 is 11.8 Å². The molecule has 1 atom stereocenters. The first kappa shape index (κ1) is 12.0. The van der Waals surface area contributed by atoms with Crippen LogP contribution < -0.4 is 5.73 Å². The first-order valence-corrected chi connectivity index (χ1v) is 5.85. The van der Waals surface area contributed by atoms with Gasteiger partial charge in [0.1, 0.15) is 5.82 Å². The fourth-order valence-electron chi connectivity index (χ4n) is 1.39. The number of nitrogens with zero attached hydrogens (tertiary/aromatic N) is 4. The summed E-state index contributed by atoms with van der Waals surface area (Å²) >= 11 is 1.17. The monoisotopic (exact) mass is 253 g/mol. The molecule has 0 unspecified atom stereocenters. The Morgan fingerprint density at radius 1 is 1.47 bits per heavy atom. The molecular formula is C10H12FN5S. The van der Waals surface area contributed by atoms with Gasteiger partial charge in [-0.3, -0.25) is 0 Å². The minimum Gasteiger partial charge on any atom is -0.324 e. The van der Waals surface area contributed by atoms with Gasteiger partial charge in [-0.1, -0.05) is 12.1 Å². The number of nitrogens with two attached hydrogens (primary N) is 1. The summed E-state index contributed by atoms with van der Waals surface area (Å²) in [6.07, 6.45) is 0. The summed E-state index contributed by atoms with van der Waals surface area (Å²) in [5, 5.41) is 11.5. The van der Waals surface area contributed by atoms with Crippen molar-refractivity contribution in [1.29, 1.82) is 0 Å². The van der Waals surface area contributed by atoms with E-state index in [1.54, 1.807) is 19.2 Å². The molecule has 7 heteroatoms. The number of rotatable bonds is 3. The second-order valence-corrected chi connectivity index (χ2v) is 4.61. The van der Waals surface area contributed by atoms with Gasteiger partial charge in [-0.05, 0) is 40.7 Å². The van der Waals surface area contributed by atoms with Gasteiger partial charge in [0.15, 0.2) is 0 Å². The standard InChI is InChI=1S/C10H12FN5S/c1-6(12)7-4-3-5-8(11)9(7)17-10-13-14-15-16(10)2/h3-6H,12H2,1-2H3/t6-/m1/s1. The van der Waals surface area contributed by atoms with E-state index in [9.17, 15) is 4.39 Å². The van der Waals surface area contributed by atoms with Crippen LogP contribution in [0.25, 0.3) is 0 Å². The highest BCUT2D eigenvalue weighted by atomic mass is 32.2. The zero-order valence-electron chi connectivity index (χ0n) is 9.46. The summed E-state index contributed by atoms with van der Waals surface area (Å²) in [7, 11) is 1.70. The number of halogens is 1. The predicted molar refractivity (Wildman–Crippen MR) is 61.9 cm³/mol. The molecule has 5 nitrogen and oxygen atoms in total. The van der Waals surface area contributed by atoms with Gasteiger partial charge in [0.05, 0.1) is 4.90 Å². The van der Waals surface area contributed by atoms with E-state index in [0.29, 0.717) is 10.1 Å². The van der Waals surface area contributed by atoms with Crippen molar-refractivity contribution in [2.75, 3.05) is 0 Å². The van der Waals surface area contributed by atoms with Gasteiger partial charge < -0.3 is 5.73 Å². The van der Waals surface area contributed by atoms with Crippen LogP contribution in [0.1, 0.15) is 18.5 Å². The largest absolute Gasteiger partial charge is 0.324 e. The molecule has 0 aliphatic heterocycles. The van der Waals surface area contributed by atoms with Crippen LogP contribution in [0.15, 0.2) is 28.3 Å². The summed E-state index contributed by atoms with van der Waals surface area (Å²) in [6, 6.07) is 4.61. The average molecular weight is 253 g/mol. The molecule has 0 aliphatic rings. The molecule has 0 spiro atoms. The maximum absolute atomic E-state index is 13.8. The molecule has 0 bridgehead atoms. The smallest absolute Gasteiger partial charge is 0.213 e. The highest BCUT2D eigenvalue weighted by Crippen LogP contribution is 2.33. The third-order valence-corrected chi connectivity index (χ3v) is 3.43. The Labute approximate surface area is 102 Å². The normalized spacial score (nSPS) is 12.7. The molecule has 0 saturated heterocycles. The first-order chi connectivity index (χ1) is 8.09. The third-order valence-electron chi connectivity index (χ3n) is 2.26. The van der Waals surface area contributed by atoms with Crippen molar-refractivity contribution in [3.63, 3.8) is 0 Å². The van der Waals surface area contributed by atoms with Gasteiger partial charge in [0.2, 0.25) is 5.16 Å². The second-order valence-electron chi connectivity index (χ2n) is 3.63. The minimum absolute atomic E-state index is 0.241. The molecule has 17 heavy (non-hydrogen) atoms. The van der Waals surface area contributed by atoms with E-state index < -0.39 is 0 Å². The van der Waals surface area contributed by atoms with Gasteiger partial charge in [-0.2, -0.15) is 0 Å².